The number of aromatic nitrogens is 4. The standard InChI is InChI=1S/C29H26F2N8O/c1-38-8-10-39(11-9-38)27-7-4-21(17-33-27)35-29(40)28-23-13-18(2-5-25(23)36-37-28)19-12-22(16-32-15-19)34-26-6-3-20(30)14-24(26)31/h2-7,12-17,34H,8-11H2,1H3,(H,35,40)(H,36,37). The Morgan fingerprint density at radius 1 is 0.900 bits per heavy atom. The molecule has 5 aromatic rings. The zero-order valence-corrected chi connectivity index (χ0v) is 21.7. The third-order valence-electron chi connectivity index (χ3n) is 6.89. The zero-order chi connectivity index (χ0) is 27.6. The van der Waals surface area contributed by atoms with E-state index in [0.717, 1.165) is 49.2 Å². The van der Waals surface area contributed by atoms with Gasteiger partial charge in [-0.15, -0.1) is 0 Å². The summed E-state index contributed by atoms with van der Waals surface area (Å²) in [5.74, 6) is -0.835. The maximum absolute atomic E-state index is 14.1. The number of hydrogen-bond donors (Lipinski definition) is 3. The average molecular weight is 541 g/mol. The number of nitrogens with one attached hydrogen (secondary N) is 3. The number of pyridine rings is 2. The molecule has 3 N–H and O–H groups in total. The molecule has 1 aliphatic rings. The SMILES string of the molecule is CN1CCN(c2ccc(NC(=O)c3n[nH]c4ccc(-c5cncc(Nc6ccc(F)cc6F)c5)cc34)cn2)CC1. The van der Waals surface area contributed by atoms with Crippen LogP contribution in [-0.2, 0) is 0 Å². The van der Waals surface area contributed by atoms with Crippen LogP contribution in [0.15, 0.2) is 73.2 Å². The van der Waals surface area contributed by atoms with Crippen LogP contribution in [0.4, 0.5) is 31.7 Å². The molecule has 1 fully saturated rings. The first-order valence-electron chi connectivity index (χ1n) is 12.8. The molecule has 6 rings (SSSR count). The van der Waals surface area contributed by atoms with Crippen molar-refractivity contribution in [3.05, 3.63) is 90.5 Å². The lowest BCUT2D eigenvalue weighted by Crippen LogP contribution is -2.44. The second kappa shape index (κ2) is 10.7. The summed E-state index contributed by atoms with van der Waals surface area (Å²) in [6, 6.07) is 14.4. The van der Waals surface area contributed by atoms with Crippen LogP contribution < -0.4 is 15.5 Å². The van der Waals surface area contributed by atoms with Gasteiger partial charge in [0, 0.05) is 49.4 Å². The molecule has 2 aromatic carbocycles. The highest BCUT2D eigenvalue weighted by Gasteiger charge is 2.18. The third-order valence-corrected chi connectivity index (χ3v) is 6.89. The summed E-state index contributed by atoms with van der Waals surface area (Å²) in [4.78, 5) is 26.4. The first-order chi connectivity index (χ1) is 19.4. The first kappa shape index (κ1) is 25.4. The van der Waals surface area contributed by atoms with Gasteiger partial charge in [0.15, 0.2) is 5.69 Å². The number of carbonyl (C=O) groups excluding carboxylic acids is 1. The second-order valence-corrected chi connectivity index (χ2v) is 9.69. The average Bonchev–Trinajstić information content (AvgIpc) is 3.39. The summed E-state index contributed by atoms with van der Waals surface area (Å²) in [5.41, 5.74) is 3.72. The molecule has 1 saturated heterocycles. The molecular weight excluding hydrogens is 514 g/mol. The van der Waals surface area contributed by atoms with Gasteiger partial charge in [0.05, 0.1) is 35.0 Å². The monoisotopic (exact) mass is 540 g/mol. The van der Waals surface area contributed by atoms with Crippen molar-refractivity contribution in [3.8, 4) is 11.1 Å². The van der Waals surface area contributed by atoms with Crippen molar-refractivity contribution in [2.24, 2.45) is 0 Å². The van der Waals surface area contributed by atoms with E-state index in [1.165, 1.54) is 12.1 Å². The van der Waals surface area contributed by atoms with Crippen molar-refractivity contribution in [2.45, 2.75) is 0 Å². The molecule has 202 valence electrons. The van der Waals surface area contributed by atoms with Crippen LogP contribution in [0.2, 0.25) is 0 Å². The molecule has 1 aliphatic heterocycles. The fourth-order valence-corrected chi connectivity index (χ4v) is 4.65. The smallest absolute Gasteiger partial charge is 0.276 e. The van der Waals surface area contributed by atoms with Crippen LogP contribution in [0.5, 0.6) is 0 Å². The Labute approximate surface area is 228 Å². The Bertz CT molecular complexity index is 1680. The van der Waals surface area contributed by atoms with E-state index in [0.29, 0.717) is 22.3 Å². The van der Waals surface area contributed by atoms with Gasteiger partial charge in [-0.2, -0.15) is 5.10 Å². The summed E-state index contributed by atoms with van der Waals surface area (Å²) in [6.07, 6.45) is 4.87. The number of fused-ring (bicyclic) bond motifs is 1. The molecule has 0 unspecified atom stereocenters. The van der Waals surface area contributed by atoms with Crippen molar-refractivity contribution in [1.29, 1.82) is 0 Å². The number of aromatic amines is 1. The van der Waals surface area contributed by atoms with Crippen molar-refractivity contribution in [2.75, 3.05) is 48.8 Å². The third kappa shape index (κ3) is 5.32. The van der Waals surface area contributed by atoms with E-state index in [9.17, 15) is 13.6 Å². The maximum Gasteiger partial charge on any atom is 0.276 e. The van der Waals surface area contributed by atoms with Gasteiger partial charge in [-0.1, -0.05) is 6.07 Å². The molecule has 0 atom stereocenters. The van der Waals surface area contributed by atoms with Crippen molar-refractivity contribution >= 4 is 39.7 Å². The number of carbonyl (C=O) groups is 1. The summed E-state index contributed by atoms with van der Waals surface area (Å²) in [5, 5.41) is 13.6. The lowest BCUT2D eigenvalue weighted by Gasteiger charge is -2.33. The highest BCUT2D eigenvalue weighted by atomic mass is 19.1. The second-order valence-electron chi connectivity index (χ2n) is 9.69. The number of likely N-dealkylation sites (N-methyl/N-ethyl adjacent to an activating group) is 1. The van der Waals surface area contributed by atoms with Crippen LogP contribution in [0.1, 0.15) is 10.5 Å². The minimum atomic E-state index is -0.704. The number of hydrogen-bond acceptors (Lipinski definition) is 7. The number of rotatable bonds is 6. The maximum atomic E-state index is 14.1. The minimum Gasteiger partial charge on any atom is -0.354 e. The van der Waals surface area contributed by atoms with Crippen LogP contribution in [0.25, 0.3) is 22.0 Å². The quantitative estimate of drug-likeness (QED) is 0.277. The molecule has 9 nitrogen and oxygen atoms in total. The van der Waals surface area contributed by atoms with Crippen LogP contribution in [0.3, 0.4) is 0 Å². The van der Waals surface area contributed by atoms with Crippen molar-refractivity contribution in [3.63, 3.8) is 0 Å². The van der Waals surface area contributed by atoms with E-state index >= 15 is 0 Å². The molecule has 3 aromatic heterocycles. The molecule has 11 heteroatoms. The molecule has 0 spiro atoms. The van der Waals surface area contributed by atoms with E-state index in [-0.39, 0.29) is 17.3 Å². The Kier molecular flexibility index (Phi) is 6.79. The highest BCUT2D eigenvalue weighted by molar-refractivity contribution is 6.11. The molecule has 40 heavy (non-hydrogen) atoms. The lowest BCUT2D eigenvalue weighted by molar-refractivity contribution is 0.102. The Balaban J connectivity index is 1.20. The predicted molar refractivity (Wildman–Crippen MR) is 151 cm³/mol. The summed E-state index contributed by atoms with van der Waals surface area (Å²) in [6.45, 7) is 3.79. The van der Waals surface area contributed by atoms with Gasteiger partial charge in [-0.25, -0.2) is 13.8 Å². The van der Waals surface area contributed by atoms with Crippen molar-refractivity contribution < 1.29 is 13.6 Å². The van der Waals surface area contributed by atoms with Crippen LogP contribution in [-0.4, -0.2) is 64.2 Å². The molecule has 0 bridgehead atoms. The van der Waals surface area contributed by atoms with E-state index in [4.69, 9.17) is 0 Å². The van der Waals surface area contributed by atoms with E-state index in [1.807, 2.05) is 30.3 Å². The van der Waals surface area contributed by atoms with Gasteiger partial charge in [-0.3, -0.25) is 14.9 Å². The van der Waals surface area contributed by atoms with Gasteiger partial charge in [0.1, 0.15) is 17.5 Å². The fourth-order valence-electron chi connectivity index (χ4n) is 4.65. The Morgan fingerprint density at radius 3 is 2.52 bits per heavy atom. The number of piperazine rings is 1. The highest BCUT2D eigenvalue weighted by Crippen LogP contribution is 2.29. The molecule has 0 radical (unpaired) electrons. The summed E-state index contributed by atoms with van der Waals surface area (Å²) >= 11 is 0. The largest absolute Gasteiger partial charge is 0.354 e. The topological polar surface area (TPSA) is 102 Å². The number of benzene rings is 2. The number of amides is 1. The van der Waals surface area contributed by atoms with Gasteiger partial charge in [0.25, 0.3) is 5.91 Å². The first-order valence-corrected chi connectivity index (χ1v) is 12.8. The minimum absolute atomic E-state index is 0.135. The molecule has 0 aliphatic carbocycles. The molecule has 0 saturated carbocycles. The Morgan fingerprint density at radius 2 is 1.75 bits per heavy atom. The van der Waals surface area contributed by atoms with E-state index < -0.39 is 11.6 Å². The van der Waals surface area contributed by atoms with Crippen LogP contribution in [0, 0.1) is 11.6 Å². The van der Waals surface area contributed by atoms with Gasteiger partial charge >= 0.3 is 0 Å². The number of anilines is 4. The van der Waals surface area contributed by atoms with Gasteiger partial charge in [-0.05, 0) is 55.1 Å². The zero-order valence-electron chi connectivity index (χ0n) is 21.7. The molecule has 4 heterocycles. The number of nitrogens with zero attached hydrogens (tertiary/aromatic N) is 5. The van der Waals surface area contributed by atoms with Crippen LogP contribution >= 0.6 is 0 Å². The summed E-state index contributed by atoms with van der Waals surface area (Å²) in [7, 11) is 2.11. The molecule has 1 amide bonds. The number of H-pyrrole nitrogens is 1. The Hall–Kier alpha value is -4.90. The van der Waals surface area contributed by atoms with E-state index in [2.05, 4.69) is 47.6 Å². The fraction of sp³-hybridized carbons (Fsp3) is 0.172. The van der Waals surface area contributed by atoms with Crippen molar-refractivity contribution in [1.82, 2.24) is 25.1 Å². The predicted octanol–water partition coefficient (Wildman–Crippen LogP) is 5.05. The normalized spacial score (nSPS) is 13.9. The lowest BCUT2D eigenvalue weighted by atomic mass is 10.0. The van der Waals surface area contributed by atoms with E-state index in [1.54, 1.807) is 24.7 Å². The summed E-state index contributed by atoms with van der Waals surface area (Å²) < 4.78 is 27.4. The number of halogens is 2. The molecular formula is C29H26F2N8O. The van der Waals surface area contributed by atoms with Gasteiger partial charge < -0.3 is 20.4 Å². The van der Waals surface area contributed by atoms with Gasteiger partial charge in [0.2, 0.25) is 0 Å².